The van der Waals surface area contributed by atoms with Gasteiger partial charge in [-0.3, -0.25) is 19.7 Å². The Balaban J connectivity index is 1.21. The van der Waals surface area contributed by atoms with Gasteiger partial charge < -0.3 is 9.88 Å². The summed E-state index contributed by atoms with van der Waals surface area (Å²) < 4.78 is 15.5. The number of amides is 2. The Kier molecular flexibility index (Phi) is 9.50. The number of aromatic nitrogens is 3. The standard InChI is InChI=1S/C33H28FN7O4S2/c1-21-25(9-5-10-27(21)41(44)45)32(43)35-18-30-36-37-33(39(30)19-22-7-3-2-4-8-22)47-20-31(42)40-28(23-12-14-24(34)15-13-23)17-26(38-40)29-11-6-16-46-29/h2-16,28H,17-20H2,1H3,(H,35,43)/t28-/m1/s1. The first-order chi connectivity index (χ1) is 22.8. The molecule has 47 heavy (non-hydrogen) atoms. The van der Waals surface area contributed by atoms with Gasteiger partial charge in [0.15, 0.2) is 11.0 Å². The van der Waals surface area contributed by atoms with Gasteiger partial charge in [0, 0.05) is 23.6 Å². The molecule has 0 spiro atoms. The minimum atomic E-state index is -0.522. The molecule has 0 saturated carbocycles. The Morgan fingerprint density at radius 1 is 1.04 bits per heavy atom. The molecule has 238 valence electrons. The lowest BCUT2D eigenvalue weighted by Crippen LogP contribution is -2.28. The number of thioether (sulfide) groups is 1. The first-order valence-electron chi connectivity index (χ1n) is 14.6. The van der Waals surface area contributed by atoms with Gasteiger partial charge in [0.2, 0.25) is 0 Å². The Hall–Kier alpha value is -5.21. The smallest absolute Gasteiger partial charge is 0.273 e. The molecule has 0 bridgehead atoms. The van der Waals surface area contributed by atoms with Crippen molar-refractivity contribution in [3.63, 3.8) is 0 Å². The van der Waals surface area contributed by atoms with Crippen molar-refractivity contribution in [3.8, 4) is 0 Å². The van der Waals surface area contributed by atoms with E-state index in [-0.39, 0.29) is 46.9 Å². The Bertz CT molecular complexity index is 1950. The van der Waals surface area contributed by atoms with Gasteiger partial charge in [-0.15, -0.1) is 21.5 Å². The highest BCUT2D eigenvalue weighted by atomic mass is 32.2. The number of halogens is 1. The van der Waals surface area contributed by atoms with Gasteiger partial charge in [-0.2, -0.15) is 5.10 Å². The van der Waals surface area contributed by atoms with Crippen molar-refractivity contribution in [2.45, 2.75) is 37.6 Å². The molecule has 5 aromatic rings. The SMILES string of the molecule is Cc1c(C(=O)NCc2nnc(SCC(=O)N3N=C(c4cccs4)C[C@@H]3c3ccc(F)cc3)n2Cc2ccccc2)cccc1[N+](=O)[O-]. The van der Waals surface area contributed by atoms with Crippen LogP contribution in [0.15, 0.2) is 101 Å². The molecule has 0 unspecified atom stereocenters. The first-order valence-corrected chi connectivity index (χ1v) is 16.4. The molecule has 3 aromatic carbocycles. The van der Waals surface area contributed by atoms with Crippen LogP contribution in [0.5, 0.6) is 0 Å². The van der Waals surface area contributed by atoms with Crippen molar-refractivity contribution in [1.29, 1.82) is 0 Å². The maximum atomic E-state index is 13.7. The fraction of sp³-hybridized carbons (Fsp3) is 0.182. The zero-order valence-electron chi connectivity index (χ0n) is 25.1. The van der Waals surface area contributed by atoms with Crippen molar-refractivity contribution in [2.24, 2.45) is 5.10 Å². The number of benzene rings is 3. The number of hydrogen-bond acceptors (Lipinski definition) is 9. The molecule has 1 atom stereocenters. The molecule has 1 N–H and O–H groups in total. The minimum Gasteiger partial charge on any atom is -0.345 e. The second kappa shape index (κ2) is 14.1. The zero-order valence-corrected chi connectivity index (χ0v) is 26.7. The van der Waals surface area contributed by atoms with Crippen molar-refractivity contribution >= 4 is 46.3 Å². The van der Waals surface area contributed by atoms with E-state index in [0.29, 0.717) is 23.9 Å². The topological polar surface area (TPSA) is 136 Å². The van der Waals surface area contributed by atoms with Crippen LogP contribution in [-0.2, 0) is 17.9 Å². The average Bonchev–Trinajstić information content (AvgIpc) is 3.84. The van der Waals surface area contributed by atoms with E-state index >= 15 is 0 Å². The number of carbonyl (C=O) groups excluding carboxylic acids is 2. The fourth-order valence-electron chi connectivity index (χ4n) is 5.27. The molecule has 0 fully saturated rings. The molecule has 1 aliphatic heterocycles. The van der Waals surface area contributed by atoms with Crippen molar-refractivity contribution in [2.75, 3.05) is 5.75 Å². The number of nitro benzene ring substituents is 1. The summed E-state index contributed by atoms with van der Waals surface area (Å²) in [5, 5.41) is 31.4. The second-order valence-electron chi connectivity index (χ2n) is 10.7. The van der Waals surface area contributed by atoms with Gasteiger partial charge in [0.25, 0.3) is 17.5 Å². The number of hydrogen-bond donors (Lipinski definition) is 1. The summed E-state index contributed by atoms with van der Waals surface area (Å²) in [5.41, 5.74) is 2.85. The summed E-state index contributed by atoms with van der Waals surface area (Å²) in [6.07, 6.45) is 0.501. The Morgan fingerprint density at radius 3 is 2.55 bits per heavy atom. The molecule has 0 radical (unpaired) electrons. The minimum absolute atomic E-state index is 0.00252. The number of thiophene rings is 1. The predicted molar refractivity (Wildman–Crippen MR) is 177 cm³/mol. The predicted octanol–water partition coefficient (Wildman–Crippen LogP) is 6.14. The van der Waals surface area contributed by atoms with Gasteiger partial charge in [0.05, 0.1) is 40.4 Å². The second-order valence-corrected chi connectivity index (χ2v) is 12.6. The molecule has 0 aliphatic carbocycles. The summed E-state index contributed by atoms with van der Waals surface area (Å²) >= 11 is 2.74. The summed E-state index contributed by atoms with van der Waals surface area (Å²) in [5.74, 6) is -0.634. The van der Waals surface area contributed by atoms with Crippen LogP contribution in [0.2, 0.25) is 0 Å². The van der Waals surface area contributed by atoms with Gasteiger partial charge >= 0.3 is 0 Å². The largest absolute Gasteiger partial charge is 0.345 e. The van der Waals surface area contributed by atoms with Crippen LogP contribution in [0.3, 0.4) is 0 Å². The van der Waals surface area contributed by atoms with Crippen LogP contribution < -0.4 is 5.32 Å². The number of carbonyl (C=O) groups is 2. The van der Waals surface area contributed by atoms with Crippen LogP contribution in [0.1, 0.15) is 50.2 Å². The van der Waals surface area contributed by atoms with Crippen LogP contribution >= 0.6 is 23.1 Å². The van der Waals surface area contributed by atoms with E-state index < -0.39 is 10.8 Å². The third kappa shape index (κ3) is 7.13. The summed E-state index contributed by atoms with van der Waals surface area (Å²) in [6.45, 7) is 1.92. The number of nitro groups is 1. The molecule has 2 amide bonds. The normalized spacial score (nSPS) is 14.2. The van der Waals surface area contributed by atoms with Gasteiger partial charge in [-0.1, -0.05) is 66.4 Å². The Labute approximate surface area is 277 Å². The van der Waals surface area contributed by atoms with Crippen molar-refractivity contribution < 1.29 is 18.9 Å². The van der Waals surface area contributed by atoms with Crippen LogP contribution in [0.25, 0.3) is 0 Å². The van der Waals surface area contributed by atoms with Crippen molar-refractivity contribution in [1.82, 2.24) is 25.1 Å². The van der Waals surface area contributed by atoms with E-state index in [4.69, 9.17) is 5.10 Å². The third-order valence-electron chi connectivity index (χ3n) is 7.68. The van der Waals surface area contributed by atoms with Crippen LogP contribution in [0, 0.1) is 22.9 Å². The molecule has 0 saturated heterocycles. The highest BCUT2D eigenvalue weighted by molar-refractivity contribution is 7.99. The van der Waals surface area contributed by atoms with E-state index in [2.05, 4.69) is 15.5 Å². The van der Waals surface area contributed by atoms with Crippen molar-refractivity contribution in [3.05, 3.63) is 139 Å². The van der Waals surface area contributed by atoms with E-state index in [1.54, 1.807) is 23.5 Å². The molecule has 2 aromatic heterocycles. The number of nitrogens with zero attached hydrogens (tertiary/aromatic N) is 6. The number of nitrogens with one attached hydrogen (secondary N) is 1. The van der Waals surface area contributed by atoms with Gasteiger partial charge in [0.1, 0.15) is 5.82 Å². The lowest BCUT2D eigenvalue weighted by Gasteiger charge is -2.22. The van der Waals surface area contributed by atoms with E-state index in [1.807, 2.05) is 52.4 Å². The highest BCUT2D eigenvalue weighted by Crippen LogP contribution is 2.35. The van der Waals surface area contributed by atoms with E-state index in [1.165, 1.54) is 54.0 Å². The average molecular weight is 670 g/mol. The molecule has 11 nitrogen and oxygen atoms in total. The van der Waals surface area contributed by atoms with Crippen LogP contribution in [-0.4, -0.2) is 48.0 Å². The summed E-state index contributed by atoms with van der Waals surface area (Å²) in [7, 11) is 0. The maximum Gasteiger partial charge on any atom is 0.273 e. The molecule has 14 heteroatoms. The molecule has 1 aliphatic rings. The quantitative estimate of drug-likeness (QED) is 0.101. The molecular formula is C33H28FN7O4S2. The number of rotatable bonds is 11. The van der Waals surface area contributed by atoms with Crippen LogP contribution in [0.4, 0.5) is 10.1 Å². The number of hydrazone groups is 1. The fourth-order valence-corrected chi connectivity index (χ4v) is 6.80. The molecule has 6 rings (SSSR count). The Morgan fingerprint density at radius 2 is 1.83 bits per heavy atom. The van der Waals surface area contributed by atoms with Gasteiger partial charge in [-0.25, -0.2) is 9.40 Å². The lowest BCUT2D eigenvalue weighted by atomic mass is 10.0. The van der Waals surface area contributed by atoms with Gasteiger partial charge in [-0.05, 0) is 47.7 Å². The maximum absolute atomic E-state index is 13.7. The summed E-state index contributed by atoms with van der Waals surface area (Å²) in [6, 6.07) is 23.6. The zero-order chi connectivity index (χ0) is 32.9. The summed E-state index contributed by atoms with van der Waals surface area (Å²) in [4.78, 5) is 38.6. The highest BCUT2D eigenvalue weighted by Gasteiger charge is 2.33. The van der Waals surface area contributed by atoms with E-state index in [9.17, 15) is 24.1 Å². The molecule has 3 heterocycles. The monoisotopic (exact) mass is 669 g/mol. The lowest BCUT2D eigenvalue weighted by molar-refractivity contribution is -0.385. The first kappa shape index (κ1) is 31.8. The molecular weight excluding hydrogens is 642 g/mol. The third-order valence-corrected chi connectivity index (χ3v) is 9.55. The van der Waals surface area contributed by atoms with E-state index in [0.717, 1.165) is 21.7 Å².